The molecule has 1 aliphatic rings. The van der Waals surface area contributed by atoms with E-state index in [1.807, 2.05) is 42.5 Å². The molecule has 4 rings (SSSR count). The summed E-state index contributed by atoms with van der Waals surface area (Å²) in [5.74, 6) is -0.0777. The second-order valence-corrected chi connectivity index (χ2v) is 13.3. The smallest absolute Gasteiger partial charge is 0.271 e. The Labute approximate surface area is 226 Å². The van der Waals surface area contributed by atoms with Crippen LogP contribution < -0.4 is 14.7 Å². The molecule has 12 heteroatoms. The van der Waals surface area contributed by atoms with Crippen LogP contribution in [0.4, 0.5) is 5.69 Å². The van der Waals surface area contributed by atoms with Gasteiger partial charge in [-0.3, -0.25) is 10.0 Å². The van der Waals surface area contributed by atoms with Gasteiger partial charge in [-0.15, -0.1) is 0 Å². The summed E-state index contributed by atoms with van der Waals surface area (Å²) in [5, 5.41) is 7.54. The highest BCUT2D eigenvalue weighted by molar-refractivity contribution is 7.90. The topological polar surface area (TPSA) is 110 Å². The number of hydrogen-bond donors (Lipinski definition) is 2. The number of sulfonamides is 1. The fraction of sp³-hybridized carbons (Fsp3) is 0.200. The lowest BCUT2D eigenvalue weighted by atomic mass is 10.0. The molecule has 3 aromatic carbocycles. The van der Waals surface area contributed by atoms with E-state index < -0.39 is 19.9 Å². The molecule has 2 N–H and O–H groups in total. The maximum absolute atomic E-state index is 13.2. The summed E-state index contributed by atoms with van der Waals surface area (Å²) in [6.07, 6.45) is 1.48. The first-order valence-electron chi connectivity index (χ1n) is 11.3. The number of hydrogen-bond acceptors (Lipinski definition) is 6. The standard InChI is InChI=1S/C25H24Cl2N4O4S2/c1-36(32,33)16-15-28-25(30-37(34,35)22-13-9-20(27)10-14-22)23-17-24(18-5-3-2-4-6-18)31(29-23)21-11-7-19(26)8-12-21/h2-14,24H,15-17H2,1H3,(H,28,30)/p+1/t24-/m1/s1. The first-order valence-corrected chi connectivity index (χ1v) is 15.6. The van der Waals surface area contributed by atoms with Gasteiger partial charge in [-0.05, 0) is 54.1 Å². The van der Waals surface area contributed by atoms with Crippen molar-refractivity contribution in [3.8, 4) is 0 Å². The van der Waals surface area contributed by atoms with E-state index in [2.05, 4.69) is 9.71 Å². The van der Waals surface area contributed by atoms with Crippen LogP contribution in [-0.4, -0.2) is 46.9 Å². The molecule has 194 valence electrons. The number of anilines is 1. The van der Waals surface area contributed by atoms with Crippen LogP contribution in [0.2, 0.25) is 10.0 Å². The fourth-order valence-electron chi connectivity index (χ4n) is 3.79. The zero-order valence-electron chi connectivity index (χ0n) is 19.8. The SMILES string of the molecule is CS(=O)(=O)CC[NH+]=C(NS(=O)(=O)c1ccc(Cl)cc1)C1=NN(c2ccc(Cl)cc2)[C@@H](c2ccccc2)C1. The number of nitrogens with zero attached hydrogens (tertiary/aromatic N) is 2. The van der Waals surface area contributed by atoms with E-state index in [0.717, 1.165) is 17.5 Å². The molecule has 0 fully saturated rings. The van der Waals surface area contributed by atoms with Gasteiger partial charge in [0.05, 0.1) is 24.0 Å². The zero-order chi connectivity index (χ0) is 26.6. The van der Waals surface area contributed by atoms with Crippen molar-refractivity contribution in [1.82, 2.24) is 4.72 Å². The van der Waals surface area contributed by atoms with Gasteiger partial charge in [0.25, 0.3) is 0 Å². The van der Waals surface area contributed by atoms with Crippen molar-refractivity contribution in [3.63, 3.8) is 0 Å². The molecule has 0 unspecified atom stereocenters. The summed E-state index contributed by atoms with van der Waals surface area (Å²) in [6.45, 7) is -0.00667. The van der Waals surface area contributed by atoms with Crippen molar-refractivity contribution >= 4 is 60.3 Å². The number of halogens is 2. The van der Waals surface area contributed by atoms with Crippen molar-refractivity contribution in [2.24, 2.45) is 5.10 Å². The minimum Gasteiger partial charge on any atom is -0.271 e. The van der Waals surface area contributed by atoms with E-state index in [9.17, 15) is 16.8 Å². The molecule has 1 aliphatic heterocycles. The number of amidine groups is 1. The second-order valence-electron chi connectivity index (χ2n) is 8.49. The predicted molar refractivity (Wildman–Crippen MR) is 147 cm³/mol. The van der Waals surface area contributed by atoms with Gasteiger partial charge >= 0.3 is 15.9 Å². The molecule has 0 saturated heterocycles. The molecule has 0 aliphatic carbocycles. The van der Waals surface area contributed by atoms with Crippen LogP contribution in [-0.2, 0) is 19.9 Å². The lowest BCUT2D eigenvalue weighted by Gasteiger charge is -2.23. The van der Waals surface area contributed by atoms with Crippen molar-refractivity contribution < 1.29 is 21.8 Å². The predicted octanol–water partition coefficient (Wildman–Crippen LogP) is 2.80. The number of nitrogens with one attached hydrogen (secondary N) is 2. The van der Waals surface area contributed by atoms with E-state index in [-0.39, 0.29) is 29.1 Å². The van der Waals surface area contributed by atoms with Gasteiger partial charge in [0.1, 0.15) is 4.90 Å². The summed E-state index contributed by atoms with van der Waals surface area (Å²) in [7, 11) is -7.31. The number of benzene rings is 3. The monoisotopic (exact) mass is 579 g/mol. The molecule has 1 heterocycles. The zero-order valence-corrected chi connectivity index (χ0v) is 22.9. The van der Waals surface area contributed by atoms with E-state index in [1.54, 1.807) is 17.1 Å². The Morgan fingerprint density at radius 1 is 0.946 bits per heavy atom. The third-order valence-electron chi connectivity index (χ3n) is 5.61. The van der Waals surface area contributed by atoms with E-state index >= 15 is 0 Å². The van der Waals surface area contributed by atoms with Crippen LogP contribution in [0.1, 0.15) is 18.0 Å². The van der Waals surface area contributed by atoms with Crippen molar-refractivity contribution in [1.29, 1.82) is 0 Å². The Hall–Kier alpha value is -2.92. The Morgan fingerprint density at radius 2 is 1.54 bits per heavy atom. The average molecular weight is 581 g/mol. The largest absolute Gasteiger partial charge is 0.328 e. The molecule has 8 nitrogen and oxygen atoms in total. The van der Waals surface area contributed by atoms with Crippen LogP contribution in [0, 0.1) is 0 Å². The Kier molecular flexibility index (Phi) is 8.23. The van der Waals surface area contributed by atoms with Gasteiger partial charge in [0, 0.05) is 22.7 Å². The third kappa shape index (κ3) is 7.10. The van der Waals surface area contributed by atoms with Crippen LogP contribution in [0.25, 0.3) is 0 Å². The van der Waals surface area contributed by atoms with Gasteiger partial charge in [-0.1, -0.05) is 53.5 Å². The summed E-state index contributed by atoms with van der Waals surface area (Å²) < 4.78 is 52.4. The summed E-state index contributed by atoms with van der Waals surface area (Å²) in [4.78, 5) is 2.96. The van der Waals surface area contributed by atoms with Crippen LogP contribution >= 0.6 is 23.2 Å². The van der Waals surface area contributed by atoms with Gasteiger partial charge in [-0.25, -0.2) is 8.42 Å². The summed E-state index contributed by atoms with van der Waals surface area (Å²) in [6, 6.07) is 22.4. The Bertz CT molecular complexity index is 1530. The van der Waals surface area contributed by atoms with Crippen LogP contribution in [0.5, 0.6) is 0 Å². The average Bonchev–Trinajstić information content (AvgIpc) is 3.29. The van der Waals surface area contributed by atoms with Crippen molar-refractivity contribution in [3.05, 3.63) is 94.5 Å². The maximum atomic E-state index is 13.2. The van der Waals surface area contributed by atoms with Gasteiger partial charge in [0.15, 0.2) is 15.5 Å². The highest BCUT2D eigenvalue weighted by Gasteiger charge is 2.36. The maximum Gasteiger partial charge on any atom is 0.328 e. The molecular weight excluding hydrogens is 555 g/mol. The molecule has 3 aromatic rings. The quantitative estimate of drug-likeness (QED) is 0.315. The molecule has 0 amide bonds. The highest BCUT2D eigenvalue weighted by atomic mass is 35.5. The first-order chi connectivity index (χ1) is 17.5. The number of hydrazone groups is 1. The lowest BCUT2D eigenvalue weighted by Crippen LogP contribution is -2.79. The molecule has 0 radical (unpaired) electrons. The summed E-state index contributed by atoms with van der Waals surface area (Å²) in [5.41, 5.74) is 2.17. The molecular formula is C25H25Cl2N4O4S2+. The molecule has 1 atom stereocenters. The highest BCUT2D eigenvalue weighted by Crippen LogP contribution is 2.35. The van der Waals surface area contributed by atoms with Gasteiger partial charge in [0.2, 0.25) is 0 Å². The normalized spacial score (nSPS) is 16.5. The summed E-state index contributed by atoms with van der Waals surface area (Å²) >= 11 is 12.0. The van der Waals surface area contributed by atoms with Crippen LogP contribution in [0.3, 0.4) is 0 Å². The number of rotatable bonds is 8. The van der Waals surface area contributed by atoms with E-state index in [4.69, 9.17) is 28.3 Å². The second kappa shape index (κ2) is 11.2. The molecule has 0 spiro atoms. The number of sulfone groups is 1. The molecule has 0 aromatic heterocycles. The first kappa shape index (κ1) is 27.1. The minimum atomic E-state index is -4.02. The van der Waals surface area contributed by atoms with Crippen molar-refractivity contribution in [2.45, 2.75) is 17.4 Å². The Balaban J connectivity index is 1.74. The molecule has 37 heavy (non-hydrogen) atoms. The van der Waals surface area contributed by atoms with Crippen molar-refractivity contribution in [2.75, 3.05) is 23.6 Å². The van der Waals surface area contributed by atoms with Gasteiger partial charge < -0.3 is 0 Å². The minimum absolute atomic E-state index is 0.00655. The van der Waals surface area contributed by atoms with Gasteiger partial charge in [-0.2, -0.15) is 18.2 Å². The van der Waals surface area contributed by atoms with E-state index in [1.165, 1.54) is 24.3 Å². The van der Waals surface area contributed by atoms with E-state index in [0.29, 0.717) is 22.2 Å². The lowest BCUT2D eigenvalue weighted by molar-refractivity contribution is -0.450. The fourth-order valence-corrected chi connectivity index (χ4v) is 5.59. The Morgan fingerprint density at radius 3 is 2.14 bits per heavy atom. The van der Waals surface area contributed by atoms with Crippen LogP contribution in [0.15, 0.2) is 88.9 Å². The molecule has 0 bridgehead atoms. The molecule has 0 saturated carbocycles. The third-order valence-corrected chi connectivity index (χ3v) is 8.42.